The molecule has 4 rings (SSSR count). The number of likely N-dealkylation sites (tertiary alicyclic amines) is 1. The molecule has 1 aliphatic rings. The predicted molar refractivity (Wildman–Crippen MR) is 109 cm³/mol. The van der Waals surface area contributed by atoms with E-state index in [0.29, 0.717) is 18.2 Å². The Morgan fingerprint density at radius 2 is 1.85 bits per heavy atom. The molecule has 1 amide bonds. The van der Waals surface area contributed by atoms with Crippen molar-refractivity contribution >= 4 is 16.8 Å². The summed E-state index contributed by atoms with van der Waals surface area (Å²) in [5.41, 5.74) is 2.70. The molecule has 1 aliphatic heterocycles. The van der Waals surface area contributed by atoms with Crippen LogP contribution in [0.1, 0.15) is 28.9 Å². The molecule has 1 saturated heterocycles. The zero-order valence-corrected chi connectivity index (χ0v) is 15.5. The molecule has 2 aromatic carbocycles. The van der Waals surface area contributed by atoms with E-state index in [2.05, 4.69) is 45.5 Å². The van der Waals surface area contributed by atoms with Crippen LogP contribution in [0.25, 0.3) is 10.9 Å². The second-order valence-corrected chi connectivity index (χ2v) is 7.33. The first-order chi connectivity index (χ1) is 13.3. The van der Waals surface area contributed by atoms with E-state index in [4.69, 9.17) is 0 Å². The van der Waals surface area contributed by atoms with Crippen LogP contribution in [0.4, 0.5) is 0 Å². The monoisotopic (exact) mass is 359 g/mol. The average Bonchev–Trinajstić information content (AvgIpc) is 2.73. The van der Waals surface area contributed by atoms with Gasteiger partial charge in [0.15, 0.2) is 0 Å². The van der Waals surface area contributed by atoms with Crippen molar-refractivity contribution in [2.24, 2.45) is 5.92 Å². The Morgan fingerprint density at radius 1 is 1.04 bits per heavy atom. The topological polar surface area (TPSA) is 45.2 Å². The number of hydrogen-bond acceptors (Lipinski definition) is 3. The minimum Gasteiger partial charge on any atom is -0.350 e. The van der Waals surface area contributed by atoms with Gasteiger partial charge in [0, 0.05) is 25.0 Å². The first-order valence-corrected chi connectivity index (χ1v) is 9.68. The van der Waals surface area contributed by atoms with E-state index in [1.165, 1.54) is 12.0 Å². The van der Waals surface area contributed by atoms with E-state index >= 15 is 0 Å². The van der Waals surface area contributed by atoms with Crippen LogP contribution in [0.5, 0.6) is 0 Å². The lowest BCUT2D eigenvalue weighted by molar-refractivity contribution is 0.0926. The molecule has 0 spiro atoms. The lowest BCUT2D eigenvalue weighted by atomic mass is 9.97. The van der Waals surface area contributed by atoms with Gasteiger partial charge in [-0.2, -0.15) is 0 Å². The number of carbonyl (C=O) groups is 1. The number of rotatable bonds is 5. The molecule has 1 atom stereocenters. The Bertz CT molecular complexity index is 910. The summed E-state index contributed by atoms with van der Waals surface area (Å²) in [6.45, 7) is 3.85. The summed E-state index contributed by atoms with van der Waals surface area (Å²) in [4.78, 5) is 19.5. The molecule has 0 saturated carbocycles. The molecule has 0 bridgehead atoms. The maximum atomic E-state index is 12.5. The molecule has 1 fully saturated rings. The fraction of sp³-hybridized carbons (Fsp3) is 0.304. The number of hydrogen-bond donors (Lipinski definition) is 1. The molecule has 0 aliphatic carbocycles. The molecule has 2 heterocycles. The maximum Gasteiger partial charge on any atom is 0.269 e. The van der Waals surface area contributed by atoms with Crippen LogP contribution in [0, 0.1) is 5.92 Å². The van der Waals surface area contributed by atoms with Gasteiger partial charge in [0.1, 0.15) is 5.69 Å². The van der Waals surface area contributed by atoms with Crippen molar-refractivity contribution in [1.82, 2.24) is 15.2 Å². The number of piperidine rings is 1. The number of nitrogens with one attached hydrogen (secondary N) is 1. The molecule has 1 N–H and O–H groups in total. The molecule has 27 heavy (non-hydrogen) atoms. The number of amides is 1. The summed E-state index contributed by atoms with van der Waals surface area (Å²) in [6.07, 6.45) is 2.35. The third kappa shape index (κ3) is 4.52. The highest BCUT2D eigenvalue weighted by molar-refractivity contribution is 5.94. The van der Waals surface area contributed by atoms with E-state index < -0.39 is 0 Å². The number of para-hydroxylation sites is 1. The average molecular weight is 359 g/mol. The van der Waals surface area contributed by atoms with Crippen LogP contribution >= 0.6 is 0 Å². The van der Waals surface area contributed by atoms with E-state index in [1.807, 2.05) is 30.3 Å². The molecule has 1 unspecified atom stereocenters. The SMILES string of the molecule is O=C(NCC1CCCN(Cc2ccccc2)C1)c1ccc2ccccc2n1. The van der Waals surface area contributed by atoms with Gasteiger partial charge < -0.3 is 5.32 Å². The quantitative estimate of drug-likeness (QED) is 0.752. The zero-order valence-electron chi connectivity index (χ0n) is 15.5. The summed E-state index contributed by atoms with van der Waals surface area (Å²) in [7, 11) is 0. The Morgan fingerprint density at radius 3 is 2.74 bits per heavy atom. The van der Waals surface area contributed by atoms with Gasteiger partial charge in [0.2, 0.25) is 0 Å². The third-order valence-electron chi connectivity index (χ3n) is 5.23. The van der Waals surface area contributed by atoms with Crippen LogP contribution in [0.2, 0.25) is 0 Å². The van der Waals surface area contributed by atoms with E-state index in [0.717, 1.165) is 37.0 Å². The molecule has 1 aromatic heterocycles. The number of fused-ring (bicyclic) bond motifs is 1. The zero-order chi connectivity index (χ0) is 18.5. The van der Waals surface area contributed by atoms with Gasteiger partial charge in [-0.3, -0.25) is 9.69 Å². The number of benzene rings is 2. The van der Waals surface area contributed by atoms with Gasteiger partial charge in [-0.05, 0) is 43.0 Å². The van der Waals surface area contributed by atoms with Gasteiger partial charge in [-0.25, -0.2) is 4.98 Å². The fourth-order valence-electron chi connectivity index (χ4n) is 3.82. The van der Waals surface area contributed by atoms with Crippen molar-refractivity contribution in [2.45, 2.75) is 19.4 Å². The summed E-state index contributed by atoms with van der Waals surface area (Å²) >= 11 is 0. The van der Waals surface area contributed by atoms with E-state index in [-0.39, 0.29) is 5.91 Å². The molecule has 0 radical (unpaired) electrons. The second-order valence-electron chi connectivity index (χ2n) is 7.33. The highest BCUT2D eigenvalue weighted by atomic mass is 16.1. The lowest BCUT2D eigenvalue weighted by Crippen LogP contribution is -2.40. The van der Waals surface area contributed by atoms with Gasteiger partial charge in [-0.1, -0.05) is 54.6 Å². The van der Waals surface area contributed by atoms with E-state index in [9.17, 15) is 4.79 Å². The summed E-state index contributed by atoms with van der Waals surface area (Å²) < 4.78 is 0. The smallest absolute Gasteiger partial charge is 0.269 e. The van der Waals surface area contributed by atoms with Gasteiger partial charge in [0.05, 0.1) is 5.52 Å². The largest absolute Gasteiger partial charge is 0.350 e. The standard InChI is InChI=1S/C23H25N3O/c27-23(22-13-12-20-10-4-5-11-21(20)25-22)24-15-19-9-6-14-26(17-19)16-18-7-2-1-3-8-18/h1-5,7-8,10-13,19H,6,9,14-17H2,(H,24,27). The Kier molecular flexibility index (Phi) is 5.45. The van der Waals surface area contributed by atoms with Crippen molar-refractivity contribution in [3.63, 3.8) is 0 Å². The summed E-state index contributed by atoms with van der Waals surface area (Å²) in [6, 6.07) is 22.2. The molecule has 4 nitrogen and oxygen atoms in total. The van der Waals surface area contributed by atoms with Crippen LogP contribution < -0.4 is 5.32 Å². The normalized spacial score (nSPS) is 17.7. The van der Waals surface area contributed by atoms with Gasteiger partial charge in [-0.15, -0.1) is 0 Å². The number of carbonyl (C=O) groups excluding carboxylic acids is 1. The summed E-state index contributed by atoms with van der Waals surface area (Å²) in [5, 5.41) is 4.14. The first kappa shape index (κ1) is 17.7. The highest BCUT2D eigenvalue weighted by Crippen LogP contribution is 2.18. The molecule has 138 valence electrons. The number of nitrogens with zero attached hydrogens (tertiary/aromatic N) is 2. The third-order valence-corrected chi connectivity index (χ3v) is 5.23. The van der Waals surface area contributed by atoms with Crippen molar-refractivity contribution in [3.05, 3.63) is 78.0 Å². The first-order valence-electron chi connectivity index (χ1n) is 9.68. The van der Waals surface area contributed by atoms with Crippen LogP contribution in [-0.2, 0) is 6.54 Å². The van der Waals surface area contributed by atoms with Crippen molar-refractivity contribution in [1.29, 1.82) is 0 Å². The van der Waals surface area contributed by atoms with Crippen molar-refractivity contribution < 1.29 is 4.79 Å². The van der Waals surface area contributed by atoms with Crippen molar-refractivity contribution in [3.8, 4) is 0 Å². The van der Waals surface area contributed by atoms with E-state index in [1.54, 1.807) is 6.07 Å². The second kappa shape index (κ2) is 8.31. The summed E-state index contributed by atoms with van der Waals surface area (Å²) in [5.74, 6) is 0.410. The van der Waals surface area contributed by atoms with Crippen LogP contribution in [0.3, 0.4) is 0 Å². The Labute approximate surface area is 160 Å². The number of pyridine rings is 1. The predicted octanol–water partition coefficient (Wildman–Crippen LogP) is 3.88. The Hall–Kier alpha value is -2.72. The minimum absolute atomic E-state index is 0.0825. The molecule has 3 aromatic rings. The molecular weight excluding hydrogens is 334 g/mol. The minimum atomic E-state index is -0.0825. The van der Waals surface area contributed by atoms with Gasteiger partial charge in [0.25, 0.3) is 5.91 Å². The van der Waals surface area contributed by atoms with Crippen LogP contribution in [-0.4, -0.2) is 35.4 Å². The Balaban J connectivity index is 1.32. The fourth-order valence-corrected chi connectivity index (χ4v) is 3.82. The van der Waals surface area contributed by atoms with Crippen LogP contribution in [0.15, 0.2) is 66.7 Å². The van der Waals surface area contributed by atoms with Crippen molar-refractivity contribution in [2.75, 3.05) is 19.6 Å². The highest BCUT2D eigenvalue weighted by Gasteiger charge is 2.21. The lowest BCUT2D eigenvalue weighted by Gasteiger charge is -2.32. The molecular formula is C23H25N3O. The number of aromatic nitrogens is 1. The molecule has 4 heteroatoms. The maximum absolute atomic E-state index is 12.5. The van der Waals surface area contributed by atoms with Gasteiger partial charge >= 0.3 is 0 Å².